The Balaban J connectivity index is 1.43. The van der Waals surface area contributed by atoms with E-state index < -0.39 is 0 Å². The number of aromatic nitrogens is 3. The van der Waals surface area contributed by atoms with E-state index in [0.717, 1.165) is 33.4 Å². The lowest BCUT2D eigenvalue weighted by Crippen LogP contribution is -2.26. The lowest BCUT2D eigenvalue weighted by atomic mass is 10.1. The molecule has 7 heteroatoms. The first kappa shape index (κ1) is 21.9. The smallest absolute Gasteiger partial charge is 0.221 e. The molecule has 6 nitrogen and oxygen atoms in total. The molecule has 32 heavy (non-hydrogen) atoms. The summed E-state index contributed by atoms with van der Waals surface area (Å²) >= 11 is 1.53. The van der Waals surface area contributed by atoms with Gasteiger partial charge in [0, 0.05) is 17.7 Å². The predicted molar refractivity (Wildman–Crippen MR) is 126 cm³/mol. The van der Waals surface area contributed by atoms with Gasteiger partial charge in [-0.15, -0.1) is 10.2 Å². The largest absolute Gasteiger partial charge is 0.467 e. The number of hydrogen-bond acceptors (Lipinski definition) is 5. The Kier molecular flexibility index (Phi) is 7.07. The van der Waals surface area contributed by atoms with Crippen LogP contribution in [0.25, 0.3) is 11.4 Å². The molecule has 0 saturated carbocycles. The number of aryl methyl sites for hydroxylation is 1. The van der Waals surface area contributed by atoms with E-state index in [1.54, 1.807) is 6.26 Å². The van der Waals surface area contributed by atoms with Gasteiger partial charge in [-0.1, -0.05) is 65.9 Å². The minimum Gasteiger partial charge on any atom is -0.467 e. The van der Waals surface area contributed by atoms with Crippen LogP contribution in [0.1, 0.15) is 36.3 Å². The van der Waals surface area contributed by atoms with Crippen LogP contribution < -0.4 is 5.32 Å². The molecule has 4 rings (SSSR count). The minimum atomic E-state index is -0.0239. The van der Waals surface area contributed by atoms with Crippen LogP contribution in [0.4, 0.5) is 0 Å². The average molecular weight is 447 g/mol. The SMILES string of the molecule is Cc1cccc(-c2nnc(SCCC(=O)N[C@@H](C)c3ccccc3)n2Cc2ccco2)c1. The number of rotatable bonds is 9. The van der Waals surface area contributed by atoms with E-state index in [-0.39, 0.29) is 11.9 Å². The molecule has 1 amide bonds. The van der Waals surface area contributed by atoms with Crippen LogP contribution in [-0.2, 0) is 11.3 Å². The zero-order chi connectivity index (χ0) is 22.3. The van der Waals surface area contributed by atoms with Crippen molar-refractivity contribution in [2.24, 2.45) is 0 Å². The summed E-state index contributed by atoms with van der Waals surface area (Å²) in [6.45, 7) is 4.58. The quantitative estimate of drug-likeness (QED) is 0.355. The number of hydrogen-bond donors (Lipinski definition) is 1. The van der Waals surface area contributed by atoms with Gasteiger partial charge in [-0.05, 0) is 37.6 Å². The summed E-state index contributed by atoms with van der Waals surface area (Å²) in [5.41, 5.74) is 3.26. The van der Waals surface area contributed by atoms with Gasteiger partial charge in [-0.3, -0.25) is 9.36 Å². The second kappa shape index (κ2) is 10.3. The van der Waals surface area contributed by atoms with Crippen molar-refractivity contribution >= 4 is 17.7 Å². The van der Waals surface area contributed by atoms with Crippen LogP contribution >= 0.6 is 11.8 Å². The first-order valence-electron chi connectivity index (χ1n) is 10.6. The molecule has 0 aliphatic rings. The van der Waals surface area contributed by atoms with E-state index in [2.05, 4.69) is 34.6 Å². The van der Waals surface area contributed by atoms with Crippen molar-refractivity contribution in [3.63, 3.8) is 0 Å². The number of amides is 1. The summed E-state index contributed by atoms with van der Waals surface area (Å²) in [6.07, 6.45) is 2.06. The van der Waals surface area contributed by atoms with Gasteiger partial charge < -0.3 is 9.73 Å². The first-order chi connectivity index (χ1) is 15.6. The molecule has 1 atom stereocenters. The van der Waals surface area contributed by atoms with Crippen LogP contribution in [0.3, 0.4) is 0 Å². The fourth-order valence-electron chi connectivity index (χ4n) is 3.47. The molecule has 2 heterocycles. The molecular weight excluding hydrogens is 420 g/mol. The summed E-state index contributed by atoms with van der Waals surface area (Å²) in [6, 6.07) is 21.9. The maximum Gasteiger partial charge on any atom is 0.221 e. The Morgan fingerprint density at radius 1 is 1.09 bits per heavy atom. The van der Waals surface area contributed by atoms with Gasteiger partial charge in [0.05, 0.1) is 18.8 Å². The standard InChI is InChI=1S/C25H26N4O2S/c1-18-8-6-11-21(16-18)24-27-28-25(29(24)17-22-12-7-14-31-22)32-15-13-23(30)26-19(2)20-9-4-3-5-10-20/h3-12,14,16,19H,13,15,17H2,1-2H3,(H,26,30)/t19-/m0/s1. The van der Waals surface area contributed by atoms with Crippen LogP contribution in [0, 0.1) is 6.92 Å². The molecule has 4 aromatic rings. The van der Waals surface area contributed by atoms with E-state index in [9.17, 15) is 4.79 Å². The molecule has 164 valence electrons. The van der Waals surface area contributed by atoms with Crippen molar-refractivity contribution in [2.45, 2.75) is 38.0 Å². The molecule has 2 aromatic heterocycles. The third-order valence-electron chi connectivity index (χ3n) is 5.12. The van der Waals surface area contributed by atoms with Gasteiger partial charge in [0.1, 0.15) is 5.76 Å². The fraction of sp³-hybridized carbons (Fsp3) is 0.240. The molecule has 0 radical (unpaired) electrons. The van der Waals surface area contributed by atoms with Crippen molar-refractivity contribution < 1.29 is 9.21 Å². The second-order valence-corrected chi connectivity index (χ2v) is 8.70. The molecule has 2 aromatic carbocycles. The Labute approximate surface area is 192 Å². The fourth-order valence-corrected chi connectivity index (χ4v) is 4.34. The molecule has 0 unspecified atom stereocenters. The van der Waals surface area contributed by atoms with Gasteiger partial charge >= 0.3 is 0 Å². The minimum absolute atomic E-state index is 0.0184. The third-order valence-corrected chi connectivity index (χ3v) is 6.09. The first-order valence-corrected chi connectivity index (χ1v) is 11.6. The van der Waals surface area contributed by atoms with Crippen molar-refractivity contribution in [3.05, 3.63) is 89.9 Å². The highest BCUT2D eigenvalue weighted by Crippen LogP contribution is 2.26. The Morgan fingerprint density at radius 3 is 2.69 bits per heavy atom. The van der Waals surface area contributed by atoms with Gasteiger partial charge in [-0.2, -0.15) is 0 Å². The summed E-state index contributed by atoms with van der Waals surface area (Å²) in [4.78, 5) is 12.4. The molecule has 0 saturated heterocycles. The van der Waals surface area contributed by atoms with E-state index in [0.29, 0.717) is 18.7 Å². The van der Waals surface area contributed by atoms with Gasteiger partial charge in [0.15, 0.2) is 11.0 Å². The Hall–Kier alpha value is -3.32. The van der Waals surface area contributed by atoms with E-state index in [1.807, 2.05) is 66.1 Å². The highest BCUT2D eigenvalue weighted by molar-refractivity contribution is 7.99. The molecule has 0 bridgehead atoms. The monoisotopic (exact) mass is 446 g/mol. The van der Waals surface area contributed by atoms with E-state index >= 15 is 0 Å². The summed E-state index contributed by atoms with van der Waals surface area (Å²) in [5.74, 6) is 2.24. The Bertz CT molecular complexity index is 1160. The van der Waals surface area contributed by atoms with Crippen molar-refractivity contribution in [1.82, 2.24) is 20.1 Å². The van der Waals surface area contributed by atoms with Crippen LogP contribution in [0.5, 0.6) is 0 Å². The number of nitrogens with one attached hydrogen (secondary N) is 1. The maximum atomic E-state index is 12.4. The lowest BCUT2D eigenvalue weighted by Gasteiger charge is -2.14. The Morgan fingerprint density at radius 2 is 1.94 bits per heavy atom. The van der Waals surface area contributed by atoms with Crippen LogP contribution in [0.2, 0.25) is 0 Å². The molecule has 0 aliphatic heterocycles. The second-order valence-electron chi connectivity index (χ2n) is 7.64. The van der Waals surface area contributed by atoms with E-state index in [1.165, 1.54) is 11.8 Å². The normalized spacial score (nSPS) is 11.9. The zero-order valence-corrected chi connectivity index (χ0v) is 19.0. The highest BCUT2D eigenvalue weighted by Gasteiger charge is 2.17. The van der Waals surface area contributed by atoms with Crippen molar-refractivity contribution in [1.29, 1.82) is 0 Å². The van der Waals surface area contributed by atoms with Crippen LogP contribution in [-0.4, -0.2) is 26.4 Å². The lowest BCUT2D eigenvalue weighted by molar-refractivity contribution is -0.121. The molecule has 0 aliphatic carbocycles. The number of benzene rings is 2. The number of nitrogens with zero attached hydrogens (tertiary/aromatic N) is 3. The summed E-state index contributed by atoms with van der Waals surface area (Å²) in [7, 11) is 0. The van der Waals surface area contributed by atoms with Crippen LogP contribution in [0.15, 0.2) is 82.6 Å². The third kappa shape index (κ3) is 5.48. The number of thioether (sulfide) groups is 1. The maximum absolute atomic E-state index is 12.4. The number of carbonyl (C=O) groups is 1. The number of furan rings is 1. The summed E-state index contributed by atoms with van der Waals surface area (Å²) in [5, 5.41) is 12.7. The van der Waals surface area contributed by atoms with Crippen molar-refractivity contribution in [3.8, 4) is 11.4 Å². The highest BCUT2D eigenvalue weighted by atomic mass is 32.2. The topological polar surface area (TPSA) is 73.0 Å². The molecular formula is C25H26N4O2S. The molecule has 1 N–H and O–H groups in total. The average Bonchev–Trinajstić information content (AvgIpc) is 3.45. The van der Waals surface area contributed by atoms with Gasteiger partial charge in [-0.25, -0.2) is 0 Å². The number of carbonyl (C=O) groups excluding carboxylic acids is 1. The molecule has 0 fully saturated rings. The van der Waals surface area contributed by atoms with Gasteiger partial charge in [0.2, 0.25) is 5.91 Å². The summed E-state index contributed by atoms with van der Waals surface area (Å²) < 4.78 is 7.60. The predicted octanol–water partition coefficient (Wildman–Crippen LogP) is 5.25. The van der Waals surface area contributed by atoms with Crippen molar-refractivity contribution in [2.75, 3.05) is 5.75 Å². The van der Waals surface area contributed by atoms with E-state index in [4.69, 9.17) is 4.42 Å². The molecule has 0 spiro atoms. The zero-order valence-electron chi connectivity index (χ0n) is 18.2. The van der Waals surface area contributed by atoms with Gasteiger partial charge in [0.25, 0.3) is 0 Å².